The summed E-state index contributed by atoms with van der Waals surface area (Å²) in [5.41, 5.74) is 6.40. The van der Waals surface area contributed by atoms with Gasteiger partial charge < -0.3 is 10.8 Å². The number of aromatic carboxylic acids is 1. The van der Waals surface area contributed by atoms with Crippen LogP contribution in [0.3, 0.4) is 0 Å². The van der Waals surface area contributed by atoms with Crippen LogP contribution in [0.4, 0.5) is 5.82 Å². The Kier molecular flexibility index (Phi) is 1.60. The topological polar surface area (TPSA) is 106 Å². The van der Waals surface area contributed by atoms with Crippen molar-refractivity contribution < 1.29 is 9.90 Å². The molecule has 3 N–H and O–H groups in total. The molecule has 0 aromatic carbocycles. The van der Waals surface area contributed by atoms with Gasteiger partial charge in [0.15, 0.2) is 11.5 Å². The molecule has 0 amide bonds. The van der Waals surface area contributed by atoms with Gasteiger partial charge in [0.25, 0.3) is 0 Å². The first-order valence-corrected chi connectivity index (χ1v) is 3.81. The Bertz CT molecular complexity index is 518. The third-order valence-electron chi connectivity index (χ3n) is 1.74. The number of aryl methyl sites for hydroxylation is 1. The fourth-order valence-electron chi connectivity index (χ4n) is 1.14. The van der Waals surface area contributed by atoms with Crippen LogP contribution in [0.2, 0.25) is 0 Å². The first kappa shape index (κ1) is 8.42. The Labute approximate surface area is 78.2 Å². The molecular formula is C7H7N5O2. The predicted molar refractivity (Wildman–Crippen MR) is 46.9 cm³/mol. The lowest BCUT2D eigenvalue weighted by Crippen LogP contribution is -2.12. The summed E-state index contributed by atoms with van der Waals surface area (Å²) in [6.45, 7) is 1.76. The average Bonchev–Trinajstić information content (AvgIpc) is 2.46. The Hall–Kier alpha value is -2.18. The van der Waals surface area contributed by atoms with Gasteiger partial charge in [-0.3, -0.25) is 0 Å². The van der Waals surface area contributed by atoms with E-state index in [-0.39, 0.29) is 11.5 Å². The Morgan fingerprint density at radius 3 is 2.93 bits per heavy atom. The highest BCUT2D eigenvalue weighted by Crippen LogP contribution is 2.10. The monoisotopic (exact) mass is 193 g/mol. The lowest BCUT2D eigenvalue weighted by Gasteiger charge is -1.99. The Morgan fingerprint density at radius 2 is 2.29 bits per heavy atom. The fourth-order valence-corrected chi connectivity index (χ4v) is 1.14. The Morgan fingerprint density at radius 1 is 1.57 bits per heavy atom. The third kappa shape index (κ3) is 1.06. The van der Waals surface area contributed by atoms with Crippen LogP contribution in [-0.4, -0.2) is 30.9 Å². The number of nitrogens with two attached hydrogens (primary N) is 1. The lowest BCUT2D eigenvalue weighted by molar-refractivity contribution is 0.0690. The minimum atomic E-state index is -1.22. The van der Waals surface area contributed by atoms with E-state index >= 15 is 0 Å². The largest absolute Gasteiger partial charge is 0.476 e. The zero-order chi connectivity index (χ0) is 10.3. The van der Waals surface area contributed by atoms with Crippen molar-refractivity contribution in [2.24, 2.45) is 0 Å². The van der Waals surface area contributed by atoms with Crippen LogP contribution in [0.25, 0.3) is 5.65 Å². The number of fused-ring (bicyclic) bond motifs is 1. The molecule has 0 aliphatic rings. The second-order valence-corrected chi connectivity index (χ2v) is 2.79. The SMILES string of the molecule is Cc1cc2nnc(C(=O)O)c(N)n2n1. The number of hydrogen-bond acceptors (Lipinski definition) is 5. The molecule has 0 aliphatic heterocycles. The number of nitrogens with zero attached hydrogens (tertiary/aromatic N) is 4. The van der Waals surface area contributed by atoms with Gasteiger partial charge >= 0.3 is 5.97 Å². The highest BCUT2D eigenvalue weighted by atomic mass is 16.4. The number of hydrogen-bond donors (Lipinski definition) is 2. The van der Waals surface area contributed by atoms with Crippen LogP contribution in [0.1, 0.15) is 16.2 Å². The lowest BCUT2D eigenvalue weighted by atomic mass is 10.4. The molecule has 0 unspecified atom stereocenters. The minimum Gasteiger partial charge on any atom is -0.476 e. The van der Waals surface area contributed by atoms with Crippen molar-refractivity contribution in [3.05, 3.63) is 17.5 Å². The maximum atomic E-state index is 10.6. The molecule has 0 radical (unpaired) electrons. The van der Waals surface area contributed by atoms with Crippen molar-refractivity contribution in [2.45, 2.75) is 6.92 Å². The summed E-state index contributed by atoms with van der Waals surface area (Å²) < 4.78 is 1.26. The second-order valence-electron chi connectivity index (χ2n) is 2.79. The molecule has 0 spiro atoms. The van der Waals surface area contributed by atoms with Crippen molar-refractivity contribution in [1.82, 2.24) is 19.8 Å². The van der Waals surface area contributed by atoms with E-state index in [2.05, 4.69) is 15.3 Å². The van der Waals surface area contributed by atoms with Gasteiger partial charge in [-0.05, 0) is 6.92 Å². The molecule has 0 aliphatic carbocycles. The van der Waals surface area contributed by atoms with Gasteiger partial charge in [-0.1, -0.05) is 0 Å². The van der Waals surface area contributed by atoms with E-state index in [1.165, 1.54) is 4.52 Å². The van der Waals surface area contributed by atoms with Crippen LogP contribution in [0.15, 0.2) is 6.07 Å². The van der Waals surface area contributed by atoms with Crippen LogP contribution in [-0.2, 0) is 0 Å². The predicted octanol–water partition coefficient (Wildman–Crippen LogP) is -0.287. The van der Waals surface area contributed by atoms with E-state index in [9.17, 15) is 4.79 Å². The van der Waals surface area contributed by atoms with Crippen LogP contribution in [0.5, 0.6) is 0 Å². The molecule has 0 fully saturated rings. The van der Waals surface area contributed by atoms with Crippen molar-refractivity contribution in [3.8, 4) is 0 Å². The highest BCUT2D eigenvalue weighted by molar-refractivity contribution is 5.90. The summed E-state index contributed by atoms with van der Waals surface area (Å²) in [5.74, 6) is -1.24. The van der Waals surface area contributed by atoms with Gasteiger partial charge in [-0.15, -0.1) is 10.2 Å². The van der Waals surface area contributed by atoms with Gasteiger partial charge in [-0.25, -0.2) is 4.79 Å². The van der Waals surface area contributed by atoms with Crippen molar-refractivity contribution >= 4 is 17.4 Å². The van der Waals surface area contributed by atoms with Crippen LogP contribution < -0.4 is 5.73 Å². The molecule has 0 saturated heterocycles. The van der Waals surface area contributed by atoms with Gasteiger partial charge in [0.1, 0.15) is 0 Å². The minimum absolute atomic E-state index is 0.0180. The molecule has 0 atom stereocenters. The van der Waals surface area contributed by atoms with Crippen LogP contribution in [0, 0.1) is 6.92 Å². The molecule has 7 nitrogen and oxygen atoms in total. The van der Waals surface area contributed by atoms with E-state index in [1.54, 1.807) is 13.0 Å². The van der Waals surface area contributed by atoms with E-state index in [1.807, 2.05) is 0 Å². The smallest absolute Gasteiger partial charge is 0.360 e. The van der Waals surface area contributed by atoms with E-state index in [4.69, 9.17) is 10.8 Å². The molecule has 0 saturated carbocycles. The zero-order valence-corrected chi connectivity index (χ0v) is 7.30. The summed E-state index contributed by atoms with van der Waals surface area (Å²) in [4.78, 5) is 10.6. The molecule has 7 heteroatoms. The van der Waals surface area contributed by atoms with E-state index in [0.29, 0.717) is 11.3 Å². The molecule has 14 heavy (non-hydrogen) atoms. The molecule has 2 rings (SSSR count). The fraction of sp³-hybridized carbons (Fsp3) is 0.143. The summed E-state index contributed by atoms with van der Waals surface area (Å²) in [6.07, 6.45) is 0. The van der Waals surface area contributed by atoms with Gasteiger partial charge in [0, 0.05) is 6.07 Å². The van der Waals surface area contributed by atoms with E-state index < -0.39 is 5.97 Å². The highest BCUT2D eigenvalue weighted by Gasteiger charge is 2.14. The van der Waals surface area contributed by atoms with Gasteiger partial charge in [0.05, 0.1) is 5.69 Å². The number of carboxylic acid groups (broad SMARTS) is 1. The molecular weight excluding hydrogens is 186 g/mol. The number of carboxylic acids is 1. The number of carbonyl (C=O) groups is 1. The normalized spacial score (nSPS) is 10.6. The molecule has 72 valence electrons. The summed E-state index contributed by atoms with van der Waals surface area (Å²) in [6, 6.07) is 1.66. The van der Waals surface area contributed by atoms with Crippen molar-refractivity contribution in [1.29, 1.82) is 0 Å². The second kappa shape index (κ2) is 2.66. The van der Waals surface area contributed by atoms with Crippen molar-refractivity contribution in [3.63, 3.8) is 0 Å². The average molecular weight is 193 g/mol. The number of nitrogen functional groups attached to an aromatic ring is 1. The summed E-state index contributed by atoms with van der Waals surface area (Å²) in [5, 5.41) is 19.8. The summed E-state index contributed by atoms with van der Waals surface area (Å²) in [7, 11) is 0. The zero-order valence-electron chi connectivity index (χ0n) is 7.30. The maximum Gasteiger partial charge on any atom is 0.360 e. The number of aromatic nitrogens is 4. The number of rotatable bonds is 1. The van der Waals surface area contributed by atoms with Gasteiger partial charge in [0.2, 0.25) is 5.69 Å². The number of anilines is 1. The van der Waals surface area contributed by atoms with E-state index in [0.717, 1.165) is 0 Å². The first-order chi connectivity index (χ1) is 6.59. The quantitative estimate of drug-likeness (QED) is 0.644. The third-order valence-corrected chi connectivity index (χ3v) is 1.74. The van der Waals surface area contributed by atoms with Crippen molar-refractivity contribution in [2.75, 3.05) is 5.73 Å². The van der Waals surface area contributed by atoms with Crippen LogP contribution >= 0.6 is 0 Å². The molecule has 2 heterocycles. The van der Waals surface area contributed by atoms with Gasteiger partial charge in [-0.2, -0.15) is 9.61 Å². The molecule has 2 aromatic heterocycles. The Balaban J connectivity index is 2.80. The molecule has 2 aromatic rings. The summed E-state index contributed by atoms with van der Waals surface area (Å²) >= 11 is 0. The first-order valence-electron chi connectivity index (χ1n) is 3.81. The standard InChI is InChI=1S/C7H7N5O2/c1-3-2-4-9-10-5(7(13)14)6(8)12(4)11-3/h2H,8H2,1H3,(H,13,14). The molecule has 0 bridgehead atoms. The maximum absolute atomic E-state index is 10.6.